The fraction of sp³-hybridized carbons (Fsp3) is 0.440. The fourth-order valence-electron chi connectivity index (χ4n) is 4.13. The molecule has 0 unspecified atom stereocenters. The standard InChI is InChI=1S/C25H30Cl2N2O2/c1-2-23(25(31)28-22-6-4-3-5-7-22)29(17-19-10-14-21(27)15-11-19)24(30)16-18-8-12-20(26)13-9-18/h8-15,22-23H,2-7,16-17H2,1H3,(H,28,31)/t23-/m1/s1. The van der Waals surface area contributed by atoms with E-state index in [4.69, 9.17) is 23.2 Å². The van der Waals surface area contributed by atoms with E-state index in [0.29, 0.717) is 23.0 Å². The Kier molecular flexibility index (Phi) is 8.79. The first-order valence-corrected chi connectivity index (χ1v) is 11.8. The average molecular weight is 461 g/mol. The maximum atomic E-state index is 13.4. The van der Waals surface area contributed by atoms with Crippen molar-refractivity contribution >= 4 is 35.0 Å². The van der Waals surface area contributed by atoms with Crippen LogP contribution < -0.4 is 5.32 Å². The Morgan fingerprint density at radius 2 is 1.48 bits per heavy atom. The Labute approximate surface area is 194 Å². The van der Waals surface area contributed by atoms with Gasteiger partial charge in [0.2, 0.25) is 11.8 Å². The number of hydrogen-bond acceptors (Lipinski definition) is 2. The minimum absolute atomic E-state index is 0.0622. The first-order chi connectivity index (χ1) is 15.0. The van der Waals surface area contributed by atoms with Crippen molar-refractivity contribution in [2.75, 3.05) is 0 Å². The molecule has 0 saturated heterocycles. The largest absolute Gasteiger partial charge is 0.352 e. The molecule has 1 aliphatic carbocycles. The maximum Gasteiger partial charge on any atom is 0.243 e. The molecule has 166 valence electrons. The van der Waals surface area contributed by atoms with E-state index >= 15 is 0 Å². The molecular formula is C25H30Cl2N2O2. The van der Waals surface area contributed by atoms with Gasteiger partial charge in [-0.1, -0.05) is 73.7 Å². The molecule has 6 heteroatoms. The van der Waals surface area contributed by atoms with Gasteiger partial charge in [-0.15, -0.1) is 0 Å². The predicted molar refractivity (Wildman–Crippen MR) is 126 cm³/mol. The van der Waals surface area contributed by atoms with Gasteiger partial charge in [0.25, 0.3) is 0 Å². The van der Waals surface area contributed by atoms with Crippen LogP contribution in [0.4, 0.5) is 0 Å². The first-order valence-electron chi connectivity index (χ1n) is 11.0. The van der Waals surface area contributed by atoms with Crippen molar-refractivity contribution < 1.29 is 9.59 Å². The van der Waals surface area contributed by atoms with Crippen LogP contribution in [0.25, 0.3) is 0 Å². The highest BCUT2D eigenvalue weighted by Crippen LogP contribution is 2.20. The number of carbonyl (C=O) groups is 2. The monoisotopic (exact) mass is 460 g/mol. The van der Waals surface area contributed by atoms with Crippen LogP contribution in [0.5, 0.6) is 0 Å². The van der Waals surface area contributed by atoms with E-state index in [1.807, 2.05) is 43.3 Å². The topological polar surface area (TPSA) is 49.4 Å². The van der Waals surface area contributed by atoms with Crippen LogP contribution in [-0.4, -0.2) is 28.8 Å². The van der Waals surface area contributed by atoms with Crippen LogP contribution >= 0.6 is 23.2 Å². The molecule has 1 fully saturated rings. The van der Waals surface area contributed by atoms with Gasteiger partial charge in [0.05, 0.1) is 6.42 Å². The van der Waals surface area contributed by atoms with Gasteiger partial charge in [-0.3, -0.25) is 9.59 Å². The van der Waals surface area contributed by atoms with E-state index in [9.17, 15) is 9.59 Å². The number of hydrogen-bond donors (Lipinski definition) is 1. The second kappa shape index (κ2) is 11.5. The summed E-state index contributed by atoms with van der Waals surface area (Å²) in [5.41, 5.74) is 1.82. The van der Waals surface area contributed by atoms with E-state index in [-0.39, 0.29) is 24.3 Å². The molecule has 4 nitrogen and oxygen atoms in total. The number of benzene rings is 2. The summed E-state index contributed by atoms with van der Waals surface area (Å²) in [6.07, 6.45) is 6.32. The van der Waals surface area contributed by atoms with E-state index in [2.05, 4.69) is 5.32 Å². The van der Waals surface area contributed by atoms with Crippen molar-refractivity contribution in [3.8, 4) is 0 Å². The lowest BCUT2D eigenvalue weighted by Crippen LogP contribution is -2.51. The van der Waals surface area contributed by atoms with Gasteiger partial charge in [-0.2, -0.15) is 0 Å². The molecule has 0 aromatic heterocycles. The Morgan fingerprint density at radius 3 is 2.03 bits per heavy atom. The summed E-state index contributed by atoms with van der Waals surface area (Å²) in [6.45, 7) is 2.32. The highest BCUT2D eigenvalue weighted by Gasteiger charge is 2.30. The zero-order valence-corrected chi connectivity index (χ0v) is 19.5. The molecule has 2 aromatic rings. The normalized spacial score (nSPS) is 15.3. The molecule has 0 radical (unpaired) electrons. The number of halogens is 2. The summed E-state index contributed by atoms with van der Waals surface area (Å²) in [5.74, 6) is -0.143. The number of nitrogens with zero attached hydrogens (tertiary/aromatic N) is 1. The molecule has 0 spiro atoms. The summed E-state index contributed by atoms with van der Waals surface area (Å²) >= 11 is 12.0. The van der Waals surface area contributed by atoms with Crippen molar-refractivity contribution in [2.24, 2.45) is 0 Å². The number of carbonyl (C=O) groups excluding carboxylic acids is 2. The Hall–Kier alpha value is -2.04. The molecule has 2 aromatic carbocycles. The summed E-state index contributed by atoms with van der Waals surface area (Å²) in [5, 5.41) is 4.48. The van der Waals surface area contributed by atoms with Gasteiger partial charge in [0.15, 0.2) is 0 Å². The van der Waals surface area contributed by atoms with E-state index in [1.54, 1.807) is 17.0 Å². The van der Waals surface area contributed by atoms with E-state index < -0.39 is 6.04 Å². The van der Waals surface area contributed by atoms with Crippen molar-refractivity contribution in [3.63, 3.8) is 0 Å². The van der Waals surface area contributed by atoms with Crippen LogP contribution in [0.2, 0.25) is 10.0 Å². The molecule has 0 aliphatic heterocycles. The molecule has 1 N–H and O–H groups in total. The lowest BCUT2D eigenvalue weighted by molar-refractivity contribution is -0.141. The van der Waals surface area contributed by atoms with Crippen molar-refractivity contribution in [2.45, 2.75) is 70.5 Å². The average Bonchev–Trinajstić information content (AvgIpc) is 2.77. The van der Waals surface area contributed by atoms with E-state index in [1.165, 1.54) is 6.42 Å². The van der Waals surface area contributed by atoms with Gasteiger partial charge in [0, 0.05) is 22.6 Å². The van der Waals surface area contributed by atoms with Crippen LogP contribution in [0.3, 0.4) is 0 Å². The fourth-order valence-corrected chi connectivity index (χ4v) is 4.38. The van der Waals surface area contributed by atoms with Gasteiger partial charge in [0.1, 0.15) is 6.04 Å². The van der Waals surface area contributed by atoms with Crippen LogP contribution in [-0.2, 0) is 22.6 Å². The molecule has 3 rings (SSSR count). The second-order valence-electron chi connectivity index (χ2n) is 8.22. The SMILES string of the molecule is CC[C@H](C(=O)NC1CCCCC1)N(Cc1ccc(Cl)cc1)C(=O)Cc1ccc(Cl)cc1. The van der Waals surface area contributed by atoms with E-state index in [0.717, 1.165) is 36.8 Å². The number of amides is 2. The predicted octanol–water partition coefficient (Wildman–Crippen LogP) is 5.79. The quantitative estimate of drug-likeness (QED) is 0.541. The Balaban J connectivity index is 1.79. The maximum absolute atomic E-state index is 13.4. The molecule has 2 amide bonds. The third kappa shape index (κ3) is 6.98. The molecule has 0 heterocycles. The lowest BCUT2D eigenvalue weighted by atomic mass is 9.95. The van der Waals surface area contributed by atoms with Crippen molar-refractivity contribution in [3.05, 3.63) is 69.7 Å². The molecule has 31 heavy (non-hydrogen) atoms. The smallest absolute Gasteiger partial charge is 0.243 e. The molecule has 1 aliphatic rings. The molecule has 1 atom stereocenters. The molecular weight excluding hydrogens is 431 g/mol. The second-order valence-corrected chi connectivity index (χ2v) is 9.09. The summed E-state index contributed by atoms with van der Waals surface area (Å²) < 4.78 is 0. The summed E-state index contributed by atoms with van der Waals surface area (Å²) in [4.78, 5) is 28.2. The van der Waals surface area contributed by atoms with Crippen molar-refractivity contribution in [1.82, 2.24) is 10.2 Å². The van der Waals surface area contributed by atoms with Gasteiger partial charge < -0.3 is 10.2 Å². The minimum Gasteiger partial charge on any atom is -0.352 e. The summed E-state index contributed by atoms with van der Waals surface area (Å²) in [6, 6.07) is 14.4. The zero-order chi connectivity index (χ0) is 22.2. The number of nitrogens with one attached hydrogen (secondary N) is 1. The zero-order valence-electron chi connectivity index (χ0n) is 17.9. The van der Waals surface area contributed by atoms with Gasteiger partial charge >= 0.3 is 0 Å². The van der Waals surface area contributed by atoms with Crippen molar-refractivity contribution in [1.29, 1.82) is 0 Å². The third-order valence-corrected chi connectivity index (χ3v) is 6.38. The Morgan fingerprint density at radius 1 is 0.935 bits per heavy atom. The highest BCUT2D eigenvalue weighted by atomic mass is 35.5. The molecule has 0 bridgehead atoms. The minimum atomic E-state index is -0.516. The Bertz CT molecular complexity index is 862. The van der Waals surface area contributed by atoms with Crippen LogP contribution in [0.1, 0.15) is 56.6 Å². The summed E-state index contributed by atoms with van der Waals surface area (Å²) in [7, 11) is 0. The lowest BCUT2D eigenvalue weighted by Gasteiger charge is -2.33. The first kappa shape index (κ1) is 23.6. The molecule has 1 saturated carbocycles. The number of rotatable bonds is 8. The van der Waals surface area contributed by atoms with Crippen LogP contribution in [0.15, 0.2) is 48.5 Å². The van der Waals surface area contributed by atoms with Crippen LogP contribution in [0, 0.1) is 0 Å². The van der Waals surface area contributed by atoms with Gasteiger partial charge in [-0.05, 0) is 54.7 Å². The highest BCUT2D eigenvalue weighted by molar-refractivity contribution is 6.30. The van der Waals surface area contributed by atoms with Gasteiger partial charge in [-0.25, -0.2) is 0 Å². The third-order valence-electron chi connectivity index (χ3n) is 5.87.